The van der Waals surface area contributed by atoms with E-state index < -0.39 is 0 Å². The van der Waals surface area contributed by atoms with Gasteiger partial charge in [-0.3, -0.25) is 4.79 Å². The lowest BCUT2D eigenvalue weighted by Gasteiger charge is -2.17. The first-order valence-electron chi connectivity index (χ1n) is 5.15. The number of methoxy groups -OCH3 is 1. The first-order valence-corrected chi connectivity index (χ1v) is 5.15. The number of hydrogen-bond acceptors (Lipinski definition) is 4. The molecule has 1 amide bonds. The van der Waals surface area contributed by atoms with Gasteiger partial charge in [0.15, 0.2) is 0 Å². The Morgan fingerprint density at radius 3 is 2.67 bits per heavy atom. The number of ether oxygens (including phenoxy) is 1. The summed E-state index contributed by atoms with van der Waals surface area (Å²) in [5, 5.41) is 12.0. The standard InChI is InChI=1S/C10H22N2O3/c1-12(2)10(14)4-6-11-9(5-7-13)8-15-3/h9,11,13H,4-8H2,1-3H3. The topological polar surface area (TPSA) is 61.8 Å². The number of aliphatic hydroxyl groups is 1. The number of carbonyl (C=O) groups is 1. The largest absolute Gasteiger partial charge is 0.396 e. The van der Waals surface area contributed by atoms with Gasteiger partial charge in [-0.15, -0.1) is 0 Å². The van der Waals surface area contributed by atoms with Crippen LogP contribution in [-0.4, -0.2) is 62.9 Å². The SMILES string of the molecule is COCC(CCO)NCCC(=O)N(C)C. The van der Waals surface area contributed by atoms with Crippen LogP contribution in [0.2, 0.25) is 0 Å². The highest BCUT2D eigenvalue weighted by Crippen LogP contribution is 1.93. The summed E-state index contributed by atoms with van der Waals surface area (Å²) in [4.78, 5) is 12.8. The highest BCUT2D eigenvalue weighted by molar-refractivity contribution is 5.75. The summed E-state index contributed by atoms with van der Waals surface area (Å²) in [5.74, 6) is 0.0997. The maximum atomic E-state index is 11.2. The van der Waals surface area contributed by atoms with Crippen molar-refractivity contribution in [2.45, 2.75) is 18.9 Å². The molecule has 0 rings (SSSR count). The van der Waals surface area contributed by atoms with Gasteiger partial charge in [0, 0.05) is 46.8 Å². The van der Waals surface area contributed by atoms with E-state index >= 15 is 0 Å². The Kier molecular flexibility index (Phi) is 8.27. The Hall–Kier alpha value is -0.650. The van der Waals surface area contributed by atoms with Crippen LogP contribution in [-0.2, 0) is 9.53 Å². The Bertz CT molecular complexity index is 168. The lowest BCUT2D eigenvalue weighted by atomic mass is 10.2. The van der Waals surface area contributed by atoms with Crippen molar-refractivity contribution in [3.8, 4) is 0 Å². The first kappa shape index (κ1) is 14.3. The summed E-state index contributed by atoms with van der Waals surface area (Å²) < 4.78 is 4.99. The summed E-state index contributed by atoms with van der Waals surface area (Å²) in [7, 11) is 5.10. The molecule has 0 aromatic heterocycles. The molecule has 0 fully saturated rings. The summed E-state index contributed by atoms with van der Waals surface area (Å²) in [6.45, 7) is 1.30. The Labute approximate surface area is 91.4 Å². The van der Waals surface area contributed by atoms with Gasteiger partial charge < -0.3 is 20.1 Å². The number of amides is 1. The van der Waals surface area contributed by atoms with E-state index in [0.29, 0.717) is 26.0 Å². The molecule has 0 radical (unpaired) electrons. The minimum absolute atomic E-state index is 0.0997. The molecule has 0 saturated carbocycles. The molecule has 0 aliphatic heterocycles. The van der Waals surface area contributed by atoms with Crippen molar-refractivity contribution in [1.29, 1.82) is 0 Å². The lowest BCUT2D eigenvalue weighted by molar-refractivity contribution is -0.128. The van der Waals surface area contributed by atoms with Crippen LogP contribution in [0.5, 0.6) is 0 Å². The molecule has 0 spiro atoms. The molecule has 0 aliphatic rings. The zero-order valence-electron chi connectivity index (χ0n) is 9.82. The third-order valence-corrected chi connectivity index (χ3v) is 2.12. The maximum absolute atomic E-state index is 11.2. The van der Waals surface area contributed by atoms with E-state index in [4.69, 9.17) is 9.84 Å². The molecule has 15 heavy (non-hydrogen) atoms. The van der Waals surface area contributed by atoms with Gasteiger partial charge >= 0.3 is 0 Å². The van der Waals surface area contributed by atoms with Crippen LogP contribution in [0.25, 0.3) is 0 Å². The third-order valence-electron chi connectivity index (χ3n) is 2.12. The van der Waals surface area contributed by atoms with Crippen molar-refractivity contribution >= 4 is 5.91 Å². The van der Waals surface area contributed by atoms with Gasteiger partial charge in [0.25, 0.3) is 0 Å². The van der Waals surface area contributed by atoms with Gasteiger partial charge in [0.05, 0.1) is 6.61 Å². The van der Waals surface area contributed by atoms with Crippen molar-refractivity contribution < 1.29 is 14.6 Å². The third kappa shape index (κ3) is 7.30. The van der Waals surface area contributed by atoms with Gasteiger partial charge in [-0.1, -0.05) is 0 Å². The van der Waals surface area contributed by atoms with Crippen molar-refractivity contribution in [2.24, 2.45) is 0 Å². The number of nitrogens with one attached hydrogen (secondary N) is 1. The summed E-state index contributed by atoms with van der Waals surface area (Å²) in [6.07, 6.45) is 1.11. The minimum Gasteiger partial charge on any atom is -0.396 e. The number of carbonyl (C=O) groups excluding carboxylic acids is 1. The van der Waals surface area contributed by atoms with E-state index in [-0.39, 0.29) is 18.6 Å². The zero-order valence-corrected chi connectivity index (χ0v) is 9.82. The quantitative estimate of drug-likeness (QED) is 0.574. The first-order chi connectivity index (χ1) is 7.11. The summed E-state index contributed by atoms with van der Waals surface area (Å²) in [5.41, 5.74) is 0. The van der Waals surface area contributed by atoms with E-state index in [9.17, 15) is 4.79 Å². The highest BCUT2D eigenvalue weighted by Gasteiger charge is 2.08. The average Bonchev–Trinajstić information content (AvgIpc) is 2.18. The van der Waals surface area contributed by atoms with Gasteiger partial charge in [-0.2, -0.15) is 0 Å². The molecule has 0 aromatic rings. The molecule has 0 bridgehead atoms. The van der Waals surface area contributed by atoms with Crippen LogP contribution >= 0.6 is 0 Å². The van der Waals surface area contributed by atoms with Crippen LogP contribution in [0, 0.1) is 0 Å². The fourth-order valence-electron chi connectivity index (χ4n) is 1.21. The van der Waals surface area contributed by atoms with Crippen LogP contribution in [0.4, 0.5) is 0 Å². The van der Waals surface area contributed by atoms with Gasteiger partial charge in [0.1, 0.15) is 0 Å². The molecule has 0 heterocycles. The van der Waals surface area contributed by atoms with E-state index in [1.54, 1.807) is 26.1 Å². The molecule has 0 aromatic carbocycles. The summed E-state index contributed by atoms with van der Waals surface area (Å²) >= 11 is 0. The minimum atomic E-state index is 0.0997. The Morgan fingerprint density at radius 1 is 1.53 bits per heavy atom. The second kappa shape index (κ2) is 8.64. The molecule has 0 aliphatic carbocycles. The molecule has 0 saturated heterocycles. The van der Waals surface area contributed by atoms with Crippen LogP contribution in [0.1, 0.15) is 12.8 Å². The molecule has 1 atom stereocenters. The fourth-order valence-corrected chi connectivity index (χ4v) is 1.21. The average molecular weight is 218 g/mol. The van der Waals surface area contributed by atoms with Gasteiger partial charge in [-0.05, 0) is 6.42 Å². The second-order valence-corrected chi connectivity index (χ2v) is 3.66. The molecular weight excluding hydrogens is 196 g/mol. The van der Waals surface area contributed by atoms with Crippen LogP contribution in [0.3, 0.4) is 0 Å². The predicted molar refractivity (Wildman–Crippen MR) is 58.7 cm³/mol. The summed E-state index contributed by atoms with van der Waals surface area (Å²) in [6, 6.07) is 0.120. The van der Waals surface area contributed by atoms with E-state index in [1.165, 1.54) is 0 Å². The molecule has 2 N–H and O–H groups in total. The lowest BCUT2D eigenvalue weighted by Crippen LogP contribution is -2.36. The van der Waals surface area contributed by atoms with Crippen molar-refractivity contribution in [3.63, 3.8) is 0 Å². The smallest absolute Gasteiger partial charge is 0.223 e. The Balaban J connectivity index is 3.65. The molecular formula is C10H22N2O3. The van der Waals surface area contributed by atoms with Crippen molar-refractivity contribution in [2.75, 3.05) is 41.0 Å². The molecule has 5 nitrogen and oxygen atoms in total. The van der Waals surface area contributed by atoms with E-state index in [1.807, 2.05) is 0 Å². The van der Waals surface area contributed by atoms with Crippen LogP contribution < -0.4 is 5.32 Å². The van der Waals surface area contributed by atoms with Crippen molar-refractivity contribution in [1.82, 2.24) is 10.2 Å². The zero-order chi connectivity index (χ0) is 11.7. The molecule has 5 heteroatoms. The predicted octanol–water partition coefficient (Wildman–Crippen LogP) is -0.548. The normalized spacial score (nSPS) is 12.5. The van der Waals surface area contributed by atoms with E-state index in [0.717, 1.165) is 0 Å². The highest BCUT2D eigenvalue weighted by atomic mass is 16.5. The monoisotopic (exact) mass is 218 g/mol. The van der Waals surface area contributed by atoms with Gasteiger partial charge in [-0.25, -0.2) is 0 Å². The second-order valence-electron chi connectivity index (χ2n) is 3.66. The van der Waals surface area contributed by atoms with Gasteiger partial charge in [0.2, 0.25) is 5.91 Å². The molecule has 90 valence electrons. The van der Waals surface area contributed by atoms with Crippen molar-refractivity contribution in [3.05, 3.63) is 0 Å². The van der Waals surface area contributed by atoms with Crippen LogP contribution in [0.15, 0.2) is 0 Å². The molecule has 1 unspecified atom stereocenters. The fraction of sp³-hybridized carbons (Fsp3) is 0.900. The number of rotatable bonds is 8. The number of hydrogen-bond donors (Lipinski definition) is 2. The Morgan fingerprint density at radius 2 is 2.20 bits per heavy atom. The number of nitrogens with zero attached hydrogens (tertiary/aromatic N) is 1. The number of aliphatic hydroxyl groups excluding tert-OH is 1. The van der Waals surface area contributed by atoms with E-state index in [2.05, 4.69) is 5.32 Å². The maximum Gasteiger partial charge on any atom is 0.223 e.